The van der Waals surface area contributed by atoms with E-state index < -0.39 is 29.2 Å². The Balaban J connectivity index is 1.80. The Morgan fingerprint density at radius 1 is 1.54 bits per heavy atom. The predicted molar refractivity (Wildman–Crippen MR) is 102 cm³/mol. The molecule has 2 atom stereocenters. The summed E-state index contributed by atoms with van der Waals surface area (Å²) < 4.78 is 0. The molecule has 3 heterocycles. The number of pyridine rings is 1. The zero-order chi connectivity index (χ0) is 20.4. The van der Waals surface area contributed by atoms with Gasteiger partial charge in [-0.15, -0.1) is 11.8 Å². The molecular formula is C17H17N5O5S. The molecule has 2 amide bonds. The molecule has 4 N–H and O–H groups in total. The summed E-state index contributed by atoms with van der Waals surface area (Å²) in [5.74, 6) is -2.05. The number of fused-ring (bicyclic) bond motifs is 1. The lowest BCUT2D eigenvalue weighted by molar-refractivity contribution is -0.150. The third-order valence-corrected chi connectivity index (χ3v) is 5.46. The van der Waals surface area contributed by atoms with Gasteiger partial charge >= 0.3 is 5.97 Å². The summed E-state index contributed by atoms with van der Waals surface area (Å²) in [4.78, 5) is 46.6. The molecule has 0 spiro atoms. The van der Waals surface area contributed by atoms with E-state index in [-0.39, 0.29) is 17.1 Å². The number of carbonyl (C=O) groups excluding carboxylic acids is 2. The number of nitrogens with zero attached hydrogens (tertiary/aromatic N) is 3. The van der Waals surface area contributed by atoms with E-state index in [2.05, 4.69) is 22.0 Å². The van der Waals surface area contributed by atoms with Crippen LogP contribution in [-0.4, -0.2) is 62.8 Å². The van der Waals surface area contributed by atoms with Crippen LogP contribution in [0.1, 0.15) is 5.69 Å². The highest BCUT2D eigenvalue weighted by Crippen LogP contribution is 2.40. The van der Waals surface area contributed by atoms with E-state index in [0.717, 1.165) is 4.90 Å². The number of anilines is 1. The highest BCUT2D eigenvalue weighted by molar-refractivity contribution is 8.00. The summed E-state index contributed by atoms with van der Waals surface area (Å²) >= 11 is 1.34. The smallest absolute Gasteiger partial charge is 0.352 e. The quantitative estimate of drug-likeness (QED) is 0.340. The highest BCUT2D eigenvalue weighted by atomic mass is 32.2. The van der Waals surface area contributed by atoms with Crippen molar-refractivity contribution < 1.29 is 24.3 Å². The normalized spacial score (nSPS) is 21.5. The van der Waals surface area contributed by atoms with Crippen LogP contribution in [0.3, 0.4) is 0 Å². The summed E-state index contributed by atoms with van der Waals surface area (Å²) in [6.45, 7) is 3.59. The number of carbonyl (C=O) groups is 3. The molecule has 11 heteroatoms. The van der Waals surface area contributed by atoms with Gasteiger partial charge in [-0.25, -0.2) is 4.79 Å². The maximum atomic E-state index is 12.7. The first-order chi connectivity index (χ1) is 13.4. The molecule has 0 aromatic carbocycles. The van der Waals surface area contributed by atoms with Crippen LogP contribution in [0.4, 0.5) is 5.69 Å². The second-order valence-corrected chi connectivity index (χ2v) is 6.95. The van der Waals surface area contributed by atoms with E-state index >= 15 is 0 Å². The number of hydrogen-bond acceptors (Lipinski definition) is 8. The van der Waals surface area contributed by atoms with Gasteiger partial charge < -0.3 is 21.0 Å². The van der Waals surface area contributed by atoms with Crippen LogP contribution >= 0.6 is 11.8 Å². The van der Waals surface area contributed by atoms with Crippen molar-refractivity contribution in [3.05, 3.63) is 47.9 Å². The molecule has 146 valence electrons. The van der Waals surface area contributed by atoms with Crippen molar-refractivity contribution in [2.24, 2.45) is 5.16 Å². The van der Waals surface area contributed by atoms with E-state index in [1.807, 2.05) is 0 Å². The first kappa shape index (κ1) is 19.4. The third-order valence-electron chi connectivity index (χ3n) is 4.16. The molecular weight excluding hydrogens is 386 g/mol. The number of amides is 2. The summed E-state index contributed by atoms with van der Waals surface area (Å²) in [5.41, 5.74) is 6.44. The second-order valence-electron chi connectivity index (χ2n) is 5.84. The molecule has 2 aliphatic heterocycles. The summed E-state index contributed by atoms with van der Waals surface area (Å²) in [6.07, 6.45) is 2.78. The molecule has 1 aromatic heterocycles. The molecule has 1 unspecified atom stereocenters. The van der Waals surface area contributed by atoms with Crippen molar-refractivity contribution in [2.75, 3.05) is 18.6 Å². The summed E-state index contributed by atoms with van der Waals surface area (Å²) in [5, 5.41) is 15.2. The Bertz CT molecular complexity index is 911. The van der Waals surface area contributed by atoms with Crippen LogP contribution in [0, 0.1) is 0 Å². The fraction of sp³-hybridized carbons (Fsp3) is 0.235. The van der Waals surface area contributed by atoms with Gasteiger partial charge in [0.25, 0.3) is 11.8 Å². The average Bonchev–Trinajstić information content (AvgIpc) is 2.69. The van der Waals surface area contributed by atoms with Crippen molar-refractivity contribution in [3.8, 4) is 0 Å². The van der Waals surface area contributed by atoms with Crippen molar-refractivity contribution in [3.63, 3.8) is 0 Å². The van der Waals surface area contributed by atoms with Crippen LogP contribution in [0.5, 0.6) is 0 Å². The van der Waals surface area contributed by atoms with Crippen LogP contribution in [-0.2, 0) is 19.2 Å². The van der Waals surface area contributed by atoms with Gasteiger partial charge in [0, 0.05) is 5.75 Å². The minimum atomic E-state index is -1.22. The van der Waals surface area contributed by atoms with Crippen molar-refractivity contribution in [1.29, 1.82) is 0 Å². The number of aromatic nitrogens is 1. The van der Waals surface area contributed by atoms with Crippen molar-refractivity contribution >= 4 is 40.9 Å². The molecule has 1 fully saturated rings. The Labute approximate surface area is 164 Å². The lowest BCUT2D eigenvalue weighted by atomic mass is 10.0. The summed E-state index contributed by atoms with van der Waals surface area (Å²) in [6, 6.07) is 2.15. The number of nitrogens with two attached hydrogens (primary N) is 1. The number of hydrogen-bond donors (Lipinski definition) is 3. The number of β-lactam (4-membered cyclic amide) rings is 1. The first-order valence-corrected chi connectivity index (χ1v) is 9.11. The van der Waals surface area contributed by atoms with E-state index in [0.29, 0.717) is 17.0 Å². The van der Waals surface area contributed by atoms with Gasteiger partial charge in [-0.2, -0.15) is 0 Å². The molecule has 10 nitrogen and oxygen atoms in total. The monoisotopic (exact) mass is 403 g/mol. The molecule has 0 aliphatic carbocycles. The molecule has 0 saturated carbocycles. The molecule has 3 rings (SSSR count). The Kier molecular flexibility index (Phi) is 5.36. The molecule has 2 aliphatic rings. The average molecular weight is 403 g/mol. The molecule has 1 aromatic rings. The number of carboxylic acids is 1. The second kappa shape index (κ2) is 7.72. The number of aliphatic carboxylic acids is 1. The van der Waals surface area contributed by atoms with Crippen molar-refractivity contribution in [2.45, 2.75) is 11.4 Å². The number of thioether (sulfide) groups is 1. The van der Waals surface area contributed by atoms with Crippen LogP contribution < -0.4 is 11.1 Å². The zero-order valence-corrected chi connectivity index (χ0v) is 15.6. The van der Waals surface area contributed by atoms with Gasteiger partial charge in [0.05, 0.1) is 17.6 Å². The van der Waals surface area contributed by atoms with E-state index in [9.17, 15) is 19.5 Å². The zero-order valence-electron chi connectivity index (χ0n) is 14.8. The lowest BCUT2D eigenvalue weighted by Crippen LogP contribution is -2.71. The first-order valence-electron chi connectivity index (χ1n) is 8.06. The Morgan fingerprint density at radius 2 is 2.29 bits per heavy atom. The minimum absolute atomic E-state index is 0.111. The van der Waals surface area contributed by atoms with Crippen LogP contribution in [0.2, 0.25) is 0 Å². The van der Waals surface area contributed by atoms with Gasteiger partial charge in [-0.3, -0.25) is 19.5 Å². The lowest BCUT2D eigenvalue weighted by Gasteiger charge is -2.49. The SMILES string of the molecule is C=CC1=C(C(=O)O)N2C(=O)C(NC(=O)/C(=N\OC)c3ccc(N)cn3)[C@H]2SC1. The third kappa shape index (κ3) is 3.31. The summed E-state index contributed by atoms with van der Waals surface area (Å²) in [7, 11) is 1.28. The maximum absolute atomic E-state index is 12.7. The topological polar surface area (TPSA) is 147 Å². The van der Waals surface area contributed by atoms with Crippen LogP contribution in [0.15, 0.2) is 47.4 Å². The molecule has 1 saturated heterocycles. The number of nitrogens with one attached hydrogen (secondary N) is 1. The van der Waals surface area contributed by atoms with E-state index in [1.54, 1.807) is 6.07 Å². The number of allylic oxidation sites excluding steroid dienone is 1. The fourth-order valence-corrected chi connectivity index (χ4v) is 4.19. The predicted octanol–water partition coefficient (Wildman–Crippen LogP) is -0.0611. The van der Waals surface area contributed by atoms with Crippen LogP contribution in [0.25, 0.3) is 0 Å². The number of carboxylic acid groups (broad SMARTS) is 1. The number of rotatable bonds is 6. The largest absolute Gasteiger partial charge is 0.477 e. The molecule has 28 heavy (non-hydrogen) atoms. The Morgan fingerprint density at radius 3 is 2.86 bits per heavy atom. The maximum Gasteiger partial charge on any atom is 0.352 e. The van der Waals surface area contributed by atoms with E-state index in [4.69, 9.17) is 10.6 Å². The van der Waals surface area contributed by atoms with Gasteiger partial charge in [0.15, 0.2) is 5.71 Å². The molecule has 0 radical (unpaired) electrons. The minimum Gasteiger partial charge on any atom is -0.477 e. The fourth-order valence-electron chi connectivity index (χ4n) is 2.85. The van der Waals surface area contributed by atoms with Gasteiger partial charge in [-0.05, 0) is 17.7 Å². The van der Waals surface area contributed by atoms with Crippen molar-refractivity contribution in [1.82, 2.24) is 15.2 Å². The number of oxime groups is 1. The Hall–Kier alpha value is -3.34. The molecule has 0 bridgehead atoms. The standard InChI is InChI=1S/C17H17N5O5S/c1-3-8-7-28-16-12(15(24)22(16)13(8)17(25)26)20-14(23)11(21-27-2)10-5-4-9(18)6-19-10/h3-6,12,16H,1,7,18H2,2H3,(H,20,23)(H,25,26)/b21-11-/t12?,16-/m1/s1. The highest BCUT2D eigenvalue weighted by Gasteiger charge is 2.54. The van der Waals surface area contributed by atoms with E-state index in [1.165, 1.54) is 37.2 Å². The van der Waals surface area contributed by atoms with Gasteiger partial charge in [0.1, 0.15) is 24.2 Å². The van der Waals surface area contributed by atoms with Gasteiger partial charge in [0.2, 0.25) is 0 Å². The number of nitrogen functional groups attached to an aromatic ring is 1. The van der Waals surface area contributed by atoms with Gasteiger partial charge in [-0.1, -0.05) is 17.8 Å².